The number of hydrogen-bond acceptors (Lipinski definition) is 4. The molecule has 0 amide bonds. The molecule has 5 nitrogen and oxygen atoms in total. The third-order valence-electron chi connectivity index (χ3n) is 3.16. The standard InChI is InChI=1S/C14H15BN2O3/c1-15(8-11-6-4-3-5-7-11)17-10-16-12(9-18)13(17)14(19)20-2/h3-7,9-10H,8H2,1-2H3. The lowest BCUT2D eigenvalue weighted by atomic mass is 9.59. The summed E-state index contributed by atoms with van der Waals surface area (Å²) >= 11 is 0. The zero-order valence-corrected chi connectivity index (χ0v) is 11.4. The molecule has 0 bridgehead atoms. The zero-order valence-electron chi connectivity index (χ0n) is 11.4. The van der Waals surface area contributed by atoms with Gasteiger partial charge < -0.3 is 9.21 Å². The SMILES string of the molecule is COC(=O)c1c(C=O)ncn1B(C)Cc1ccccc1. The van der Waals surface area contributed by atoms with Gasteiger partial charge in [0.05, 0.1) is 13.4 Å². The van der Waals surface area contributed by atoms with E-state index in [0.717, 1.165) is 11.9 Å². The van der Waals surface area contributed by atoms with Crippen molar-refractivity contribution in [2.75, 3.05) is 7.11 Å². The van der Waals surface area contributed by atoms with Gasteiger partial charge in [-0.2, -0.15) is 0 Å². The molecule has 0 radical (unpaired) electrons. The minimum Gasteiger partial charge on any atom is -0.464 e. The van der Waals surface area contributed by atoms with Crippen molar-refractivity contribution in [1.82, 2.24) is 9.46 Å². The van der Waals surface area contributed by atoms with Gasteiger partial charge in [-0.3, -0.25) is 4.79 Å². The molecule has 2 aromatic rings. The van der Waals surface area contributed by atoms with Crippen molar-refractivity contribution in [2.45, 2.75) is 13.1 Å². The molecular formula is C14H15BN2O3. The number of methoxy groups -OCH3 is 1. The predicted octanol–water partition coefficient (Wildman–Crippen LogP) is 1.73. The van der Waals surface area contributed by atoms with Crippen LogP contribution < -0.4 is 0 Å². The number of aromatic nitrogens is 2. The molecule has 0 aliphatic carbocycles. The summed E-state index contributed by atoms with van der Waals surface area (Å²) in [6.07, 6.45) is 2.81. The maximum absolute atomic E-state index is 11.8. The van der Waals surface area contributed by atoms with Gasteiger partial charge in [-0.15, -0.1) is 0 Å². The lowest BCUT2D eigenvalue weighted by Crippen LogP contribution is -2.27. The van der Waals surface area contributed by atoms with Gasteiger partial charge in [0.25, 0.3) is 6.85 Å². The third kappa shape index (κ3) is 2.79. The Labute approximate surface area is 117 Å². The molecule has 2 rings (SSSR count). The number of aldehydes is 1. The Morgan fingerprint density at radius 2 is 2.10 bits per heavy atom. The summed E-state index contributed by atoms with van der Waals surface area (Å²) in [5, 5.41) is 0. The number of ether oxygens (including phenoxy) is 1. The number of benzene rings is 1. The van der Waals surface area contributed by atoms with E-state index >= 15 is 0 Å². The lowest BCUT2D eigenvalue weighted by molar-refractivity contribution is 0.0590. The number of hydrogen-bond donors (Lipinski definition) is 0. The number of rotatable bonds is 5. The van der Waals surface area contributed by atoms with E-state index in [2.05, 4.69) is 4.98 Å². The number of nitrogens with zero attached hydrogens (tertiary/aromatic N) is 2. The maximum Gasteiger partial charge on any atom is 0.355 e. The van der Waals surface area contributed by atoms with Gasteiger partial charge >= 0.3 is 5.97 Å². The number of carbonyl (C=O) groups is 2. The molecule has 0 unspecified atom stereocenters. The van der Waals surface area contributed by atoms with Gasteiger partial charge in [0.1, 0.15) is 11.4 Å². The Hall–Kier alpha value is -2.37. The van der Waals surface area contributed by atoms with Crippen LogP contribution in [0.3, 0.4) is 0 Å². The van der Waals surface area contributed by atoms with Gasteiger partial charge in [0.15, 0.2) is 6.29 Å². The summed E-state index contributed by atoms with van der Waals surface area (Å²) in [5.74, 6) is -0.551. The average Bonchev–Trinajstić information content (AvgIpc) is 2.91. The van der Waals surface area contributed by atoms with E-state index < -0.39 is 5.97 Å². The molecule has 0 saturated heterocycles. The molecule has 102 valence electrons. The molecule has 1 aromatic carbocycles. The highest BCUT2D eigenvalue weighted by Crippen LogP contribution is 2.11. The Morgan fingerprint density at radius 3 is 2.70 bits per heavy atom. The molecule has 0 spiro atoms. The first-order chi connectivity index (χ1) is 9.67. The summed E-state index contributed by atoms with van der Waals surface area (Å²) in [7, 11) is 1.29. The second-order valence-corrected chi connectivity index (χ2v) is 4.53. The Morgan fingerprint density at radius 1 is 1.40 bits per heavy atom. The van der Waals surface area contributed by atoms with E-state index in [-0.39, 0.29) is 18.2 Å². The summed E-state index contributed by atoms with van der Waals surface area (Å²) in [5.41, 5.74) is 1.46. The molecule has 0 N–H and O–H groups in total. The van der Waals surface area contributed by atoms with Crippen LogP contribution in [0, 0.1) is 0 Å². The van der Waals surface area contributed by atoms with Crippen LogP contribution in [-0.4, -0.2) is 35.7 Å². The highest BCUT2D eigenvalue weighted by atomic mass is 16.5. The van der Waals surface area contributed by atoms with Crippen LogP contribution >= 0.6 is 0 Å². The van der Waals surface area contributed by atoms with E-state index in [4.69, 9.17) is 4.74 Å². The molecule has 1 heterocycles. The highest BCUT2D eigenvalue weighted by molar-refractivity contribution is 6.55. The first-order valence-corrected chi connectivity index (χ1v) is 6.31. The fourth-order valence-electron chi connectivity index (χ4n) is 2.16. The number of esters is 1. The Kier molecular flexibility index (Phi) is 4.35. The van der Waals surface area contributed by atoms with Gasteiger partial charge in [0.2, 0.25) is 0 Å². The quantitative estimate of drug-likeness (QED) is 0.471. The Bertz CT molecular complexity index is 610. The van der Waals surface area contributed by atoms with E-state index in [1.807, 2.05) is 37.2 Å². The van der Waals surface area contributed by atoms with E-state index in [1.165, 1.54) is 13.4 Å². The third-order valence-corrected chi connectivity index (χ3v) is 3.16. The van der Waals surface area contributed by atoms with Crippen molar-refractivity contribution in [2.24, 2.45) is 0 Å². The fourth-order valence-corrected chi connectivity index (χ4v) is 2.16. The normalized spacial score (nSPS) is 10.1. The molecular weight excluding hydrogens is 255 g/mol. The van der Waals surface area contributed by atoms with Crippen LogP contribution in [0.5, 0.6) is 0 Å². The molecule has 0 aliphatic heterocycles. The van der Waals surface area contributed by atoms with Crippen LogP contribution in [0.25, 0.3) is 0 Å². The predicted molar refractivity (Wildman–Crippen MR) is 76.1 cm³/mol. The van der Waals surface area contributed by atoms with Crippen LogP contribution in [0.4, 0.5) is 0 Å². The largest absolute Gasteiger partial charge is 0.464 e. The van der Waals surface area contributed by atoms with Crippen LogP contribution in [-0.2, 0) is 11.1 Å². The Balaban J connectivity index is 2.30. The number of imidazole rings is 1. The second-order valence-electron chi connectivity index (χ2n) is 4.53. The van der Waals surface area contributed by atoms with Crippen molar-refractivity contribution >= 4 is 19.1 Å². The average molecular weight is 270 g/mol. The summed E-state index contributed by atoms with van der Waals surface area (Å²) in [6, 6.07) is 9.93. The summed E-state index contributed by atoms with van der Waals surface area (Å²) in [6.45, 7) is 1.96. The topological polar surface area (TPSA) is 61.2 Å². The zero-order chi connectivity index (χ0) is 14.5. The second kappa shape index (κ2) is 6.19. The van der Waals surface area contributed by atoms with Gasteiger partial charge in [-0.1, -0.05) is 42.7 Å². The highest BCUT2D eigenvalue weighted by Gasteiger charge is 2.23. The van der Waals surface area contributed by atoms with E-state index in [1.54, 1.807) is 4.48 Å². The minimum atomic E-state index is -0.551. The van der Waals surface area contributed by atoms with Crippen molar-refractivity contribution < 1.29 is 14.3 Å². The fraction of sp³-hybridized carbons (Fsp3) is 0.214. The van der Waals surface area contributed by atoms with Crippen LogP contribution in [0.1, 0.15) is 26.5 Å². The summed E-state index contributed by atoms with van der Waals surface area (Å²) in [4.78, 5) is 26.7. The molecule has 1 aromatic heterocycles. The first-order valence-electron chi connectivity index (χ1n) is 6.31. The lowest BCUT2D eigenvalue weighted by Gasteiger charge is -2.13. The monoisotopic (exact) mass is 270 g/mol. The maximum atomic E-state index is 11.8. The van der Waals surface area contributed by atoms with Crippen molar-refractivity contribution in [3.05, 3.63) is 53.6 Å². The molecule has 0 saturated carbocycles. The van der Waals surface area contributed by atoms with Crippen LogP contribution in [0.2, 0.25) is 6.82 Å². The van der Waals surface area contributed by atoms with E-state index in [0.29, 0.717) is 6.29 Å². The number of carbonyl (C=O) groups excluding carboxylic acids is 2. The summed E-state index contributed by atoms with van der Waals surface area (Å²) < 4.78 is 6.40. The van der Waals surface area contributed by atoms with Crippen molar-refractivity contribution in [1.29, 1.82) is 0 Å². The smallest absolute Gasteiger partial charge is 0.355 e. The molecule has 20 heavy (non-hydrogen) atoms. The first kappa shape index (κ1) is 14.1. The molecule has 0 atom stereocenters. The minimum absolute atomic E-state index is 0.00676. The van der Waals surface area contributed by atoms with Gasteiger partial charge in [-0.05, 0) is 6.32 Å². The van der Waals surface area contributed by atoms with Crippen molar-refractivity contribution in [3.8, 4) is 0 Å². The van der Waals surface area contributed by atoms with Crippen molar-refractivity contribution in [3.63, 3.8) is 0 Å². The molecule has 0 fully saturated rings. The van der Waals surface area contributed by atoms with Gasteiger partial charge in [0, 0.05) is 0 Å². The molecule has 0 aliphatic rings. The van der Waals surface area contributed by atoms with Gasteiger partial charge in [-0.25, -0.2) is 9.78 Å². The molecule has 6 heteroatoms. The van der Waals surface area contributed by atoms with Crippen LogP contribution in [0.15, 0.2) is 36.7 Å². The van der Waals surface area contributed by atoms with E-state index in [9.17, 15) is 9.59 Å².